The van der Waals surface area contributed by atoms with Crippen LogP contribution in [0.15, 0.2) is 0 Å². The molecule has 0 radical (unpaired) electrons. The first-order valence-electron chi connectivity index (χ1n) is 1.30. The minimum Gasteiger partial charge on any atom is -1.00 e. The first-order valence-corrected chi connectivity index (χ1v) is 3.91. The van der Waals surface area contributed by atoms with Crippen LogP contribution in [0.4, 0.5) is 0 Å². The van der Waals surface area contributed by atoms with Crippen LogP contribution in [0.1, 0.15) is 2.85 Å². The molecule has 0 rings (SSSR count). The van der Waals surface area contributed by atoms with Crippen LogP contribution in [-0.2, 0) is 8.92 Å². The van der Waals surface area contributed by atoms with E-state index in [0.717, 1.165) is 0 Å². The second kappa shape index (κ2) is 16.5. The molecule has 0 heterocycles. The van der Waals surface area contributed by atoms with E-state index in [9.17, 15) is 0 Å². The van der Waals surface area contributed by atoms with E-state index in [4.69, 9.17) is 28.1 Å². The zero-order valence-electron chi connectivity index (χ0n) is 6.31. The van der Waals surface area contributed by atoms with E-state index in [1.54, 1.807) is 0 Å². The van der Waals surface area contributed by atoms with Crippen LogP contribution in [0.5, 0.6) is 0 Å². The van der Waals surface area contributed by atoms with E-state index in [-0.39, 0.29) is 58.0 Å². The molecule has 0 amide bonds. The van der Waals surface area contributed by atoms with Gasteiger partial charge in [0.1, 0.15) is 0 Å². The maximum absolute atomic E-state index is 8.74. The third-order valence-corrected chi connectivity index (χ3v) is 0. The zero-order valence-corrected chi connectivity index (χ0v) is 8.52. The molecule has 0 aromatic carbocycles. The van der Waals surface area contributed by atoms with Gasteiger partial charge in [-0.15, -0.1) is 0 Å². The molecule has 0 bridgehead atoms. The Balaban J connectivity index is -0.0000000112. The topological polar surface area (TPSA) is 115 Å². The minimum absolute atomic E-state index is 0. The number of hydrogen-bond donors (Lipinski definition) is 4. The molecule has 10 heavy (non-hydrogen) atoms. The summed E-state index contributed by atoms with van der Waals surface area (Å²) in [5, 5.41) is 0. The molecule has 0 aliphatic carbocycles. The van der Waals surface area contributed by atoms with Gasteiger partial charge in [-0.25, -0.2) is 0 Å². The molecule has 0 aromatic heterocycles. The van der Waals surface area contributed by atoms with E-state index in [1.807, 2.05) is 0 Å². The van der Waals surface area contributed by atoms with Crippen molar-refractivity contribution in [2.75, 3.05) is 0 Å². The van der Waals surface area contributed by atoms with E-state index in [0.29, 0.717) is 0 Å². The molecule has 0 spiro atoms. The first kappa shape index (κ1) is 22.5. The molecule has 10 heteroatoms. The van der Waals surface area contributed by atoms with Crippen LogP contribution in [0.3, 0.4) is 0 Å². The van der Waals surface area contributed by atoms with Gasteiger partial charge < -0.3 is 22.0 Å². The first-order chi connectivity index (χ1) is 3.46. The molecule has 0 atom stereocenters. The van der Waals surface area contributed by atoms with Crippen LogP contribution in [0, 0.1) is 0 Å². The van der Waals surface area contributed by atoms with E-state index in [2.05, 4.69) is 0 Å². The molecular weight excluding hydrogens is 219 g/mol. The molecule has 6 nitrogen and oxygen atoms in total. The van der Waals surface area contributed by atoms with Gasteiger partial charge >= 0.3 is 56.1 Å². The Bertz CT molecular complexity index is 81.5. The molecule has 0 unspecified atom stereocenters. The Kier molecular flexibility index (Phi) is 37.1. The van der Waals surface area contributed by atoms with Crippen LogP contribution >= 0.6 is 0 Å². The van der Waals surface area contributed by atoms with Crippen LogP contribution in [0.25, 0.3) is 0 Å². The van der Waals surface area contributed by atoms with E-state index in [1.165, 1.54) is 0 Å². The minimum atomic E-state index is -3.13. The Hall–Kier alpha value is 1.03. The standard InChI is InChI=1S/Al.Ca.2H2O3Si.5H/c;;2*1-4(2)3;;;;;/h;;2*1-2H;;;;;/q;+2;;;;;;2*-1. The molecule has 4 N–H and O–H groups in total. The third-order valence-electron chi connectivity index (χ3n) is 0. The largest absolute Gasteiger partial charge is 2.00 e. The van der Waals surface area contributed by atoms with Gasteiger partial charge in [0.05, 0.1) is 0 Å². The number of rotatable bonds is 0. The fourth-order valence-electron chi connectivity index (χ4n) is 0. The molecule has 0 aliphatic rings. The van der Waals surface area contributed by atoms with Gasteiger partial charge in [-0.2, -0.15) is 0 Å². The van der Waals surface area contributed by atoms with Gasteiger partial charge in [0.15, 0.2) is 17.4 Å². The van der Waals surface area contributed by atoms with Gasteiger partial charge in [-0.05, 0) is 0 Å². The Morgan fingerprint density at radius 1 is 0.900 bits per heavy atom. The summed E-state index contributed by atoms with van der Waals surface area (Å²) in [5.41, 5.74) is 0. The van der Waals surface area contributed by atoms with Crippen molar-refractivity contribution in [3.8, 4) is 0 Å². The summed E-state index contributed by atoms with van der Waals surface area (Å²) in [5.74, 6) is 0. The fraction of sp³-hybridized carbons (Fsp3) is 0. The van der Waals surface area contributed by atoms with Crippen LogP contribution in [-0.4, -0.2) is 92.6 Å². The average molecular weight is 228 g/mol. The molecule has 0 fully saturated rings. The molecule has 0 aromatic rings. The average Bonchev–Trinajstić information content (AvgIpc) is 1.25. The van der Waals surface area contributed by atoms with Gasteiger partial charge in [-0.3, -0.25) is 8.92 Å². The Labute approximate surface area is 103 Å². The van der Waals surface area contributed by atoms with Crippen molar-refractivity contribution >= 4 is 73.4 Å². The molecule has 0 aliphatic heterocycles. The maximum Gasteiger partial charge on any atom is 2.00 e. The van der Waals surface area contributed by atoms with Gasteiger partial charge in [0.2, 0.25) is 0 Å². The van der Waals surface area contributed by atoms with Crippen LogP contribution in [0.2, 0.25) is 0 Å². The summed E-state index contributed by atoms with van der Waals surface area (Å²) in [7, 11) is -6.26. The summed E-state index contributed by atoms with van der Waals surface area (Å²) >= 11 is 0. The SMILES string of the molecule is O=[Si](O)O.O=[Si](O)O.[AlH3].[Ca+2].[H-].[H-]. The second-order valence-corrected chi connectivity index (χ2v) is 1.70. The molecular formula is H9AlCaO6Si2. The zero-order chi connectivity index (χ0) is 7.15. The second-order valence-electron chi connectivity index (χ2n) is 0.565. The summed E-state index contributed by atoms with van der Waals surface area (Å²) in [4.78, 5) is 28.6. The van der Waals surface area contributed by atoms with Crippen molar-refractivity contribution < 1.29 is 31.0 Å². The van der Waals surface area contributed by atoms with Crippen molar-refractivity contribution in [2.45, 2.75) is 0 Å². The Morgan fingerprint density at radius 2 is 0.900 bits per heavy atom. The smallest absolute Gasteiger partial charge is 1.00 e. The van der Waals surface area contributed by atoms with Crippen molar-refractivity contribution in [1.29, 1.82) is 0 Å². The predicted molar refractivity (Wildman–Crippen MR) is 39.7 cm³/mol. The normalized spacial score (nSPS) is 4.80. The summed E-state index contributed by atoms with van der Waals surface area (Å²) in [6.45, 7) is 0. The molecule has 0 saturated heterocycles. The fourth-order valence-corrected chi connectivity index (χ4v) is 0. The third kappa shape index (κ3) is 552. The van der Waals surface area contributed by atoms with Gasteiger partial charge in [0, 0.05) is 0 Å². The summed E-state index contributed by atoms with van der Waals surface area (Å²) < 4.78 is 17.5. The monoisotopic (exact) mass is 228 g/mol. The quantitative estimate of drug-likeness (QED) is 0.310. The summed E-state index contributed by atoms with van der Waals surface area (Å²) in [6.07, 6.45) is 0. The van der Waals surface area contributed by atoms with Crippen molar-refractivity contribution in [1.82, 2.24) is 0 Å². The van der Waals surface area contributed by atoms with Gasteiger partial charge in [0.25, 0.3) is 0 Å². The molecule has 58 valence electrons. The van der Waals surface area contributed by atoms with Crippen molar-refractivity contribution in [2.24, 2.45) is 0 Å². The van der Waals surface area contributed by atoms with Crippen molar-refractivity contribution in [3.05, 3.63) is 0 Å². The van der Waals surface area contributed by atoms with E-state index >= 15 is 0 Å². The molecule has 0 saturated carbocycles. The van der Waals surface area contributed by atoms with Crippen molar-refractivity contribution in [3.63, 3.8) is 0 Å². The van der Waals surface area contributed by atoms with E-state index < -0.39 is 18.3 Å². The number of hydrogen-bond acceptors (Lipinski definition) is 2. The maximum atomic E-state index is 8.74. The summed E-state index contributed by atoms with van der Waals surface area (Å²) in [6, 6.07) is 0. The van der Waals surface area contributed by atoms with Gasteiger partial charge in [-0.1, -0.05) is 0 Å². The van der Waals surface area contributed by atoms with Crippen LogP contribution < -0.4 is 0 Å². The Morgan fingerprint density at radius 3 is 0.900 bits per heavy atom. The predicted octanol–water partition coefficient (Wildman–Crippen LogP) is -4.57.